The normalized spacial score (nSPS) is 27.4. The van der Waals surface area contributed by atoms with Gasteiger partial charge in [0, 0.05) is 5.92 Å². The van der Waals surface area contributed by atoms with Gasteiger partial charge in [0.2, 0.25) is 5.89 Å². The monoisotopic (exact) mass is 221 g/mol. The summed E-state index contributed by atoms with van der Waals surface area (Å²) in [6.07, 6.45) is 8.75. The minimum absolute atomic E-state index is 0.320. The molecule has 2 aliphatic rings. The summed E-state index contributed by atoms with van der Waals surface area (Å²) in [5, 5.41) is 7.64. The zero-order valence-electron chi connectivity index (χ0n) is 9.61. The van der Waals surface area contributed by atoms with Crippen LogP contribution in [0.1, 0.15) is 68.6 Å². The van der Waals surface area contributed by atoms with Crippen molar-refractivity contribution in [3.63, 3.8) is 0 Å². The van der Waals surface area contributed by atoms with E-state index in [2.05, 4.69) is 15.5 Å². The minimum Gasteiger partial charge on any atom is -0.339 e. The first kappa shape index (κ1) is 10.3. The van der Waals surface area contributed by atoms with E-state index in [1.165, 1.54) is 38.5 Å². The summed E-state index contributed by atoms with van der Waals surface area (Å²) in [5.74, 6) is 2.29. The molecule has 88 valence electrons. The second kappa shape index (κ2) is 4.53. The van der Waals surface area contributed by atoms with Crippen molar-refractivity contribution in [1.82, 2.24) is 15.5 Å². The molecule has 1 unspecified atom stereocenters. The van der Waals surface area contributed by atoms with Gasteiger partial charge < -0.3 is 9.84 Å². The quantitative estimate of drug-likeness (QED) is 0.833. The third kappa shape index (κ3) is 1.98. The van der Waals surface area contributed by atoms with Crippen molar-refractivity contribution < 1.29 is 4.52 Å². The van der Waals surface area contributed by atoms with Gasteiger partial charge in [0.15, 0.2) is 5.82 Å². The van der Waals surface area contributed by atoms with Gasteiger partial charge in [-0.15, -0.1) is 0 Å². The predicted octanol–water partition coefficient (Wildman–Crippen LogP) is 2.54. The van der Waals surface area contributed by atoms with E-state index in [1.54, 1.807) is 0 Å². The summed E-state index contributed by atoms with van der Waals surface area (Å²) < 4.78 is 5.36. The van der Waals surface area contributed by atoms with Crippen LogP contribution in [0.25, 0.3) is 0 Å². The topological polar surface area (TPSA) is 51.0 Å². The van der Waals surface area contributed by atoms with E-state index in [0.29, 0.717) is 12.0 Å². The average Bonchev–Trinajstić information content (AvgIpc) is 2.52. The smallest absolute Gasteiger partial charge is 0.229 e. The maximum Gasteiger partial charge on any atom is 0.229 e. The summed E-state index contributed by atoms with van der Waals surface area (Å²) in [4.78, 5) is 4.56. The number of rotatable bonds is 2. The number of nitrogens with one attached hydrogen (secondary N) is 1. The highest BCUT2D eigenvalue weighted by Crippen LogP contribution is 2.35. The van der Waals surface area contributed by atoms with E-state index >= 15 is 0 Å². The summed E-state index contributed by atoms with van der Waals surface area (Å²) in [7, 11) is 0. The molecule has 2 fully saturated rings. The number of hydrogen-bond acceptors (Lipinski definition) is 4. The van der Waals surface area contributed by atoms with Gasteiger partial charge in [-0.05, 0) is 32.2 Å². The Morgan fingerprint density at radius 1 is 1.06 bits per heavy atom. The van der Waals surface area contributed by atoms with Crippen LogP contribution >= 0.6 is 0 Å². The van der Waals surface area contributed by atoms with Crippen LogP contribution < -0.4 is 5.32 Å². The van der Waals surface area contributed by atoms with Crippen LogP contribution in [0.3, 0.4) is 0 Å². The van der Waals surface area contributed by atoms with Crippen LogP contribution in [0.15, 0.2) is 4.52 Å². The lowest BCUT2D eigenvalue weighted by molar-refractivity contribution is 0.289. The highest BCUT2D eigenvalue weighted by atomic mass is 16.5. The molecular weight excluding hydrogens is 202 g/mol. The zero-order chi connectivity index (χ0) is 10.8. The lowest BCUT2D eigenvalue weighted by Crippen LogP contribution is -2.21. The largest absolute Gasteiger partial charge is 0.339 e. The summed E-state index contributed by atoms with van der Waals surface area (Å²) in [6, 6.07) is 0.320. The molecule has 0 aromatic carbocycles. The Morgan fingerprint density at radius 2 is 2.00 bits per heavy atom. The molecule has 1 atom stereocenters. The van der Waals surface area contributed by atoms with E-state index in [0.717, 1.165) is 24.7 Å². The molecule has 1 aromatic rings. The van der Waals surface area contributed by atoms with Gasteiger partial charge in [-0.3, -0.25) is 0 Å². The lowest BCUT2D eigenvalue weighted by atomic mass is 9.85. The summed E-state index contributed by atoms with van der Waals surface area (Å²) in [5.41, 5.74) is 0. The maximum atomic E-state index is 5.36. The first-order valence-corrected chi connectivity index (χ1v) is 6.50. The van der Waals surface area contributed by atoms with Gasteiger partial charge >= 0.3 is 0 Å². The molecule has 1 saturated carbocycles. The van der Waals surface area contributed by atoms with Gasteiger partial charge in [-0.2, -0.15) is 4.98 Å². The van der Waals surface area contributed by atoms with Gasteiger partial charge in [-0.25, -0.2) is 0 Å². The van der Waals surface area contributed by atoms with Crippen LogP contribution in [0.2, 0.25) is 0 Å². The van der Waals surface area contributed by atoms with Gasteiger partial charge in [0.05, 0.1) is 6.04 Å². The Morgan fingerprint density at radius 3 is 2.81 bits per heavy atom. The Hall–Kier alpha value is -0.900. The Balaban J connectivity index is 1.70. The second-order valence-corrected chi connectivity index (χ2v) is 4.97. The molecule has 2 heterocycles. The molecule has 1 N–H and O–H groups in total. The molecule has 0 radical (unpaired) electrons. The van der Waals surface area contributed by atoms with Crippen molar-refractivity contribution in [3.05, 3.63) is 11.7 Å². The first-order chi connectivity index (χ1) is 7.93. The van der Waals surface area contributed by atoms with Crippen LogP contribution in [0.5, 0.6) is 0 Å². The molecular formula is C12H19N3O. The Kier molecular flexibility index (Phi) is 2.91. The maximum absolute atomic E-state index is 5.36. The molecule has 16 heavy (non-hydrogen) atoms. The van der Waals surface area contributed by atoms with Crippen molar-refractivity contribution >= 4 is 0 Å². The van der Waals surface area contributed by atoms with Gasteiger partial charge in [0.25, 0.3) is 0 Å². The lowest BCUT2D eigenvalue weighted by Gasteiger charge is -2.20. The number of nitrogens with zero attached hydrogens (tertiary/aromatic N) is 2. The molecule has 1 aliphatic heterocycles. The summed E-state index contributed by atoms with van der Waals surface area (Å²) in [6.45, 7) is 1.08. The van der Waals surface area contributed by atoms with Crippen molar-refractivity contribution in [2.24, 2.45) is 0 Å². The van der Waals surface area contributed by atoms with Crippen LogP contribution in [-0.2, 0) is 0 Å². The van der Waals surface area contributed by atoms with E-state index < -0.39 is 0 Å². The fourth-order valence-electron chi connectivity index (χ4n) is 2.46. The zero-order valence-corrected chi connectivity index (χ0v) is 9.61. The van der Waals surface area contributed by atoms with Crippen LogP contribution in [0.4, 0.5) is 0 Å². The van der Waals surface area contributed by atoms with E-state index in [-0.39, 0.29) is 0 Å². The molecule has 4 nitrogen and oxygen atoms in total. The standard InChI is InChI=1S/C12H19N3O/c1-2-7-10(13-8-3-1)11-14-12(16-15-11)9-5-4-6-9/h9-10,13H,1-8H2. The highest BCUT2D eigenvalue weighted by Gasteiger charge is 2.27. The third-order valence-electron chi connectivity index (χ3n) is 3.78. The second-order valence-electron chi connectivity index (χ2n) is 4.97. The number of hydrogen-bond donors (Lipinski definition) is 1. The van der Waals surface area contributed by atoms with Gasteiger partial charge in [0.1, 0.15) is 0 Å². The highest BCUT2D eigenvalue weighted by molar-refractivity contribution is 5.01. The molecule has 3 rings (SSSR count). The fraction of sp³-hybridized carbons (Fsp3) is 0.833. The third-order valence-corrected chi connectivity index (χ3v) is 3.78. The Labute approximate surface area is 95.8 Å². The van der Waals surface area contributed by atoms with Crippen LogP contribution in [0, 0.1) is 0 Å². The van der Waals surface area contributed by atoms with Gasteiger partial charge in [-0.1, -0.05) is 24.4 Å². The Bertz CT molecular complexity index is 338. The average molecular weight is 221 g/mol. The molecule has 1 saturated heterocycles. The van der Waals surface area contributed by atoms with Crippen molar-refractivity contribution in [2.45, 2.75) is 56.9 Å². The van der Waals surface area contributed by atoms with Crippen LogP contribution in [-0.4, -0.2) is 16.7 Å². The number of aromatic nitrogens is 2. The molecule has 4 heteroatoms. The molecule has 0 amide bonds. The SMILES string of the molecule is C1CCNC(c2noc(C3CCC3)n2)CC1. The summed E-state index contributed by atoms with van der Waals surface area (Å²) >= 11 is 0. The first-order valence-electron chi connectivity index (χ1n) is 6.50. The van der Waals surface area contributed by atoms with E-state index in [4.69, 9.17) is 4.52 Å². The molecule has 1 aromatic heterocycles. The fourth-order valence-corrected chi connectivity index (χ4v) is 2.46. The molecule has 0 spiro atoms. The predicted molar refractivity (Wildman–Crippen MR) is 60.1 cm³/mol. The molecule has 0 bridgehead atoms. The van der Waals surface area contributed by atoms with Crippen molar-refractivity contribution in [3.8, 4) is 0 Å². The molecule has 1 aliphatic carbocycles. The van der Waals surface area contributed by atoms with Crippen molar-refractivity contribution in [1.29, 1.82) is 0 Å². The van der Waals surface area contributed by atoms with E-state index in [9.17, 15) is 0 Å². The van der Waals surface area contributed by atoms with E-state index in [1.807, 2.05) is 0 Å². The minimum atomic E-state index is 0.320. The van der Waals surface area contributed by atoms with Crippen molar-refractivity contribution in [2.75, 3.05) is 6.54 Å².